The van der Waals surface area contributed by atoms with Gasteiger partial charge in [0.25, 0.3) is 0 Å². The molecule has 5 heteroatoms. The molecule has 1 N–H and O–H groups in total. The number of guanidine groups is 1. The van der Waals surface area contributed by atoms with Gasteiger partial charge in [0.15, 0.2) is 5.96 Å². The maximum Gasteiger partial charge on any atom is 0.194 e. The second-order valence-corrected chi connectivity index (χ2v) is 9.43. The van der Waals surface area contributed by atoms with Gasteiger partial charge in [-0.05, 0) is 57.8 Å². The summed E-state index contributed by atoms with van der Waals surface area (Å²) in [5.41, 5.74) is 3.06. The van der Waals surface area contributed by atoms with Crippen molar-refractivity contribution in [2.75, 3.05) is 40.3 Å². The van der Waals surface area contributed by atoms with Crippen LogP contribution in [0.5, 0.6) is 0 Å². The molecule has 152 valence electrons. The fraction of sp³-hybridized carbons (Fsp3) is 0.696. The Morgan fingerprint density at radius 3 is 2.29 bits per heavy atom. The van der Waals surface area contributed by atoms with Crippen molar-refractivity contribution in [1.29, 1.82) is 0 Å². The van der Waals surface area contributed by atoms with Crippen LogP contribution in [0.3, 0.4) is 0 Å². The Kier molecular flexibility index (Phi) is 4.63. The van der Waals surface area contributed by atoms with Gasteiger partial charge >= 0.3 is 0 Å². The smallest absolute Gasteiger partial charge is 0.194 e. The van der Waals surface area contributed by atoms with E-state index in [1.165, 1.54) is 24.0 Å². The molecule has 5 rings (SSSR count). The molecule has 0 spiro atoms. The average Bonchev–Trinajstić information content (AvgIpc) is 3.45. The predicted molar refractivity (Wildman–Crippen MR) is 113 cm³/mol. The summed E-state index contributed by atoms with van der Waals surface area (Å²) in [6.07, 6.45) is 5.69. The van der Waals surface area contributed by atoms with Crippen LogP contribution >= 0.6 is 0 Å². The number of rotatable bonds is 4. The number of ether oxygens (including phenoxy) is 1. The third-order valence-electron chi connectivity index (χ3n) is 7.72. The van der Waals surface area contributed by atoms with Gasteiger partial charge in [0.1, 0.15) is 0 Å². The van der Waals surface area contributed by atoms with Gasteiger partial charge < -0.3 is 19.9 Å². The number of benzene rings is 1. The van der Waals surface area contributed by atoms with Gasteiger partial charge in [-0.25, -0.2) is 0 Å². The number of nitrogens with zero attached hydrogens (tertiary/aromatic N) is 3. The largest absolute Gasteiger partial charge is 0.374 e. The van der Waals surface area contributed by atoms with Crippen molar-refractivity contribution in [3.8, 4) is 0 Å². The van der Waals surface area contributed by atoms with E-state index in [0.717, 1.165) is 45.0 Å². The molecule has 28 heavy (non-hydrogen) atoms. The Morgan fingerprint density at radius 1 is 1.14 bits per heavy atom. The summed E-state index contributed by atoms with van der Waals surface area (Å²) in [4.78, 5) is 10.1. The van der Waals surface area contributed by atoms with Gasteiger partial charge in [-0.1, -0.05) is 24.3 Å². The Labute approximate surface area is 169 Å². The number of hydrogen-bond acceptors (Lipinski definition) is 3. The predicted octanol–water partition coefficient (Wildman–Crippen LogP) is 2.16. The highest BCUT2D eigenvalue weighted by atomic mass is 16.5. The Bertz CT molecular complexity index is 718. The van der Waals surface area contributed by atoms with Gasteiger partial charge in [-0.15, -0.1) is 0 Å². The third-order valence-corrected chi connectivity index (χ3v) is 7.72. The molecule has 3 fully saturated rings. The van der Waals surface area contributed by atoms with Crippen LogP contribution in [0.2, 0.25) is 0 Å². The zero-order valence-corrected chi connectivity index (χ0v) is 17.5. The lowest BCUT2D eigenvalue weighted by molar-refractivity contribution is 0.0766. The van der Waals surface area contributed by atoms with E-state index in [2.05, 4.69) is 60.4 Å². The zero-order chi connectivity index (χ0) is 19.3. The van der Waals surface area contributed by atoms with E-state index in [4.69, 9.17) is 9.73 Å². The number of nitrogens with one attached hydrogen (secondary N) is 1. The van der Waals surface area contributed by atoms with Crippen LogP contribution in [0.25, 0.3) is 0 Å². The molecule has 0 amide bonds. The zero-order valence-electron chi connectivity index (χ0n) is 17.5. The minimum absolute atomic E-state index is 0.0854. The number of aliphatic imine (C=N–C) groups is 1. The molecule has 2 bridgehead atoms. The van der Waals surface area contributed by atoms with Crippen LogP contribution in [0, 0.1) is 11.8 Å². The molecule has 3 saturated heterocycles. The lowest BCUT2D eigenvalue weighted by Crippen LogP contribution is -2.49. The highest BCUT2D eigenvalue weighted by Crippen LogP contribution is 2.47. The monoisotopic (exact) mass is 382 g/mol. The molecule has 3 heterocycles. The third kappa shape index (κ3) is 2.94. The van der Waals surface area contributed by atoms with E-state index in [9.17, 15) is 0 Å². The maximum absolute atomic E-state index is 6.16. The molecule has 0 radical (unpaired) electrons. The molecular weight excluding hydrogens is 348 g/mol. The minimum Gasteiger partial charge on any atom is -0.374 e. The molecule has 1 aliphatic carbocycles. The van der Waals surface area contributed by atoms with E-state index in [1.54, 1.807) is 0 Å². The number of fused-ring (bicyclic) bond motifs is 6. The Morgan fingerprint density at radius 2 is 1.75 bits per heavy atom. The van der Waals surface area contributed by atoms with Crippen molar-refractivity contribution in [1.82, 2.24) is 15.1 Å². The molecule has 3 aliphatic heterocycles. The van der Waals surface area contributed by atoms with Gasteiger partial charge in [0.05, 0.1) is 18.8 Å². The first-order valence-corrected chi connectivity index (χ1v) is 11.0. The normalized spacial score (nSPS) is 32.9. The summed E-state index contributed by atoms with van der Waals surface area (Å²) in [5, 5.41) is 3.58. The fourth-order valence-corrected chi connectivity index (χ4v) is 6.02. The second-order valence-electron chi connectivity index (χ2n) is 9.43. The van der Waals surface area contributed by atoms with E-state index < -0.39 is 0 Å². The lowest BCUT2D eigenvalue weighted by Gasteiger charge is -2.35. The molecule has 0 aromatic heterocycles. The molecule has 5 nitrogen and oxygen atoms in total. The average molecular weight is 383 g/mol. The molecule has 4 atom stereocenters. The fourth-order valence-electron chi connectivity index (χ4n) is 6.02. The second kappa shape index (κ2) is 7.03. The number of hydrogen-bond donors (Lipinski definition) is 1. The van der Waals surface area contributed by atoms with Crippen LogP contribution < -0.4 is 5.32 Å². The van der Waals surface area contributed by atoms with Gasteiger partial charge in [0, 0.05) is 37.0 Å². The lowest BCUT2D eigenvalue weighted by atomic mass is 9.82. The van der Waals surface area contributed by atoms with E-state index in [-0.39, 0.29) is 5.54 Å². The summed E-state index contributed by atoms with van der Waals surface area (Å²) in [5.74, 6) is 2.52. The van der Waals surface area contributed by atoms with Gasteiger partial charge in [-0.3, -0.25) is 4.99 Å². The number of likely N-dealkylation sites (N-methyl/N-ethyl adjacent to an activating group) is 1. The van der Waals surface area contributed by atoms with Crippen molar-refractivity contribution in [2.45, 2.75) is 50.4 Å². The summed E-state index contributed by atoms with van der Waals surface area (Å²) in [6.45, 7) is 6.14. The van der Waals surface area contributed by atoms with Crippen LogP contribution in [-0.4, -0.2) is 73.8 Å². The molecule has 1 aromatic carbocycles. The first kappa shape index (κ1) is 18.4. The van der Waals surface area contributed by atoms with Crippen molar-refractivity contribution in [2.24, 2.45) is 16.8 Å². The van der Waals surface area contributed by atoms with Crippen LogP contribution in [0.1, 0.15) is 30.9 Å². The van der Waals surface area contributed by atoms with E-state index >= 15 is 0 Å². The summed E-state index contributed by atoms with van der Waals surface area (Å²) in [6, 6.07) is 8.90. The van der Waals surface area contributed by atoms with Crippen molar-refractivity contribution in [3.05, 3.63) is 35.4 Å². The molecule has 4 aliphatic rings. The SMILES string of the molecule is CCNC(=NCC1(N(C)C)Cc2ccccc2C1)N1CC2C3CCC(O3)C2C1. The topological polar surface area (TPSA) is 40.1 Å². The summed E-state index contributed by atoms with van der Waals surface area (Å²) < 4.78 is 6.16. The van der Waals surface area contributed by atoms with Crippen LogP contribution in [0.4, 0.5) is 0 Å². The summed E-state index contributed by atoms with van der Waals surface area (Å²) in [7, 11) is 4.42. The first-order chi connectivity index (χ1) is 13.6. The van der Waals surface area contributed by atoms with Gasteiger partial charge in [0.2, 0.25) is 0 Å². The minimum atomic E-state index is 0.0854. The van der Waals surface area contributed by atoms with Crippen LogP contribution in [0.15, 0.2) is 29.3 Å². The summed E-state index contributed by atoms with van der Waals surface area (Å²) >= 11 is 0. The molecule has 0 saturated carbocycles. The van der Waals surface area contributed by atoms with Crippen LogP contribution in [-0.2, 0) is 17.6 Å². The molecule has 1 aromatic rings. The number of likely N-dealkylation sites (tertiary alicyclic amines) is 1. The Balaban J connectivity index is 1.34. The molecule has 4 unspecified atom stereocenters. The van der Waals surface area contributed by atoms with E-state index in [1.807, 2.05) is 0 Å². The Hall–Kier alpha value is -1.59. The highest BCUT2D eigenvalue weighted by Gasteiger charge is 2.53. The van der Waals surface area contributed by atoms with Crippen molar-refractivity contribution in [3.63, 3.8) is 0 Å². The van der Waals surface area contributed by atoms with Crippen molar-refractivity contribution < 1.29 is 4.74 Å². The molecular formula is C23H34N4O. The first-order valence-electron chi connectivity index (χ1n) is 11.0. The van der Waals surface area contributed by atoms with Gasteiger partial charge in [-0.2, -0.15) is 0 Å². The quantitative estimate of drug-likeness (QED) is 0.640. The standard InChI is InChI=1S/C23H34N4O/c1-4-24-22(27-13-18-19(14-27)21-10-9-20(18)28-21)25-15-23(26(2)3)11-16-7-5-6-8-17(16)12-23/h5-8,18-21H,4,9-15H2,1-3H3,(H,24,25). The maximum atomic E-state index is 6.16. The highest BCUT2D eigenvalue weighted by molar-refractivity contribution is 5.80. The van der Waals surface area contributed by atoms with Crippen molar-refractivity contribution >= 4 is 5.96 Å². The van der Waals surface area contributed by atoms with E-state index in [0.29, 0.717) is 24.0 Å².